The van der Waals surface area contributed by atoms with E-state index in [0.717, 1.165) is 62.5 Å². The standard InChI is InChI=1S/C55H68N8O8S/c1-35-7-5-6-8-41(35)44-15-18-53(2,3)34-61(44)39-30-55(31-39)21-24-60(25-22-55)38-9-11-42(46(28-38)62-45-17-26-70-33-49(45)71-52-48(62)27-37-16-23-56-50(37)58-52)51(64)59-72(68,69)40-10-12-43(47(29-40)63(66)67)57-32-36-13-19-54(4,65)20-14-36/h5-12,16,23,27-29,36,39,44-45,49,57,65H,13-15,17-22,24-26,30-34H2,1-4H3,(H,56,58)(H,59,64)/t36-,44-,45-,49-,54-/m0/s1. The molecule has 382 valence electrons. The fourth-order valence-corrected chi connectivity index (χ4v) is 13.9. The van der Waals surface area contributed by atoms with Crippen LogP contribution in [0.1, 0.15) is 119 Å². The van der Waals surface area contributed by atoms with Crippen molar-refractivity contribution in [1.29, 1.82) is 0 Å². The summed E-state index contributed by atoms with van der Waals surface area (Å²) in [5, 5.41) is 26.8. The second kappa shape index (κ2) is 18.6. The Morgan fingerprint density at radius 3 is 2.49 bits per heavy atom. The van der Waals surface area contributed by atoms with Gasteiger partial charge in [-0.15, -0.1) is 0 Å². The number of piperidine rings is 2. The molecule has 1 amide bonds. The number of aromatic nitrogens is 2. The molecule has 3 atom stereocenters. The maximum absolute atomic E-state index is 14.7. The van der Waals surface area contributed by atoms with E-state index in [2.05, 4.69) is 74.8 Å². The number of nitrogens with zero attached hydrogens (tertiary/aromatic N) is 5. The van der Waals surface area contributed by atoms with Crippen LogP contribution in [0.3, 0.4) is 0 Å². The van der Waals surface area contributed by atoms with Crippen LogP contribution in [0.15, 0.2) is 83.9 Å². The number of nitro groups is 1. The first-order valence-corrected chi connectivity index (χ1v) is 27.5. The summed E-state index contributed by atoms with van der Waals surface area (Å²) in [5.74, 6) is -0.297. The molecule has 6 heterocycles. The predicted octanol–water partition coefficient (Wildman–Crippen LogP) is 9.55. The molecule has 17 heteroatoms. The molecule has 6 aliphatic rings. The van der Waals surface area contributed by atoms with Crippen molar-refractivity contribution in [3.63, 3.8) is 0 Å². The van der Waals surface area contributed by atoms with Gasteiger partial charge in [-0.3, -0.25) is 19.8 Å². The molecular weight excluding hydrogens is 933 g/mol. The van der Waals surface area contributed by atoms with Gasteiger partial charge >= 0.3 is 0 Å². The molecule has 72 heavy (non-hydrogen) atoms. The van der Waals surface area contributed by atoms with Gasteiger partial charge in [0.1, 0.15) is 23.1 Å². The van der Waals surface area contributed by atoms with E-state index in [4.69, 9.17) is 14.5 Å². The Morgan fingerprint density at radius 2 is 1.72 bits per heavy atom. The van der Waals surface area contributed by atoms with Crippen molar-refractivity contribution in [3.8, 4) is 5.88 Å². The molecule has 2 saturated carbocycles. The normalized spacial score (nSPS) is 27.0. The van der Waals surface area contributed by atoms with E-state index >= 15 is 0 Å². The fourth-order valence-electron chi connectivity index (χ4n) is 12.9. The van der Waals surface area contributed by atoms with Crippen LogP contribution in [0.2, 0.25) is 0 Å². The molecular formula is C55H68N8O8S. The molecule has 0 bridgehead atoms. The van der Waals surface area contributed by atoms with Crippen LogP contribution in [0.4, 0.5) is 28.4 Å². The number of anilines is 4. The number of likely N-dealkylation sites (tertiary alicyclic amines) is 1. The number of nitro benzene ring substituents is 1. The third-order valence-corrected chi connectivity index (χ3v) is 18.5. The van der Waals surface area contributed by atoms with Gasteiger partial charge in [-0.2, -0.15) is 4.98 Å². The number of amides is 1. The highest BCUT2D eigenvalue weighted by atomic mass is 32.2. The number of aromatic amines is 1. The number of aryl methyl sites for hydroxylation is 1. The van der Waals surface area contributed by atoms with Gasteiger partial charge in [0.05, 0.1) is 39.3 Å². The summed E-state index contributed by atoms with van der Waals surface area (Å²) in [6.45, 7) is 12.9. The Bertz CT molecular complexity index is 2990. The van der Waals surface area contributed by atoms with E-state index < -0.39 is 43.1 Å². The van der Waals surface area contributed by atoms with Crippen LogP contribution in [-0.2, 0) is 14.8 Å². The summed E-state index contributed by atoms with van der Waals surface area (Å²) < 4.78 is 43.1. The van der Waals surface area contributed by atoms with Crippen LogP contribution in [0, 0.1) is 33.8 Å². The summed E-state index contributed by atoms with van der Waals surface area (Å²) in [6.07, 6.45) is 11.6. The molecule has 0 radical (unpaired) electrons. The largest absolute Gasteiger partial charge is 0.468 e. The molecule has 0 unspecified atom stereocenters. The third kappa shape index (κ3) is 9.41. The lowest BCUT2D eigenvalue weighted by Gasteiger charge is -2.59. The zero-order valence-corrected chi connectivity index (χ0v) is 42.7. The highest BCUT2D eigenvalue weighted by molar-refractivity contribution is 7.90. The average Bonchev–Trinajstić information content (AvgIpc) is 3.81. The summed E-state index contributed by atoms with van der Waals surface area (Å²) >= 11 is 0. The van der Waals surface area contributed by atoms with Gasteiger partial charge in [0.15, 0.2) is 0 Å². The molecule has 2 aliphatic carbocycles. The SMILES string of the molecule is Cc1ccccc1[C@@H]1CCC(C)(C)CN1C1CC2(CCN(c3ccc(C(=O)NS(=O)(=O)c4ccc(NC[C@H]5CC[C@](C)(O)CC5)c([N+](=O)[O-])c4)c(N4c5cc6cc[nH]c6nc5O[C@H]5COCC[C@@H]54)c3)CC2)C1. The number of H-pyrrole nitrogens is 1. The number of fused-ring (bicyclic) bond motifs is 3. The zero-order chi connectivity index (χ0) is 50.2. The van der Waals surface area contributed by atoms with Crippen LogP contribution in [-0.4, -0.2) is 102 Å². The fraction of sp³-hybridized carbons (Fsp3) is 0.527. The first kappa shape index (κ1) is 48.5. The highest BCUT2D eigenvalue weighted by Crippen LogP contribution is 2.55. The number of ether oxygens (including phenoxy) is 2. The van der Waals surface area contributed by atoms with Crippen molar-refractivity contribution in [2.45, 2.75) is 133 Å². The molecule has 5 fully saturated rings. The van der Waals surface area contributed by atoms with Gasteiger partial charge < -0.3 is 34.7 Å². The lowest BCUT2D eigenvalue weighted by molar-refractivity contribution is -0.384. The van der Waals surface area contributed by atoms with Gasteiger partial charge in [-0.1, -0.05) is 38.1 Å². The van der Waals surface area contributed by atoms with Crippen LogP contribution in [0.25, 0.3) is 11.0 Å². The molecule has 3 saturated heterocycles. The van der Waals surface area contributed by atoms with Crippen molar-refractivity contribution < 1.29 is 32.7 Å². The minimum absolute atomic E-state index is 0.122. The van der Waals surface area contributed by atoms with Gasteiger partial charge in [0.2, 0.25) is 5.88 Å². The molecule has 5 aromatic rings. The van der Waals surface area contributed by atoms with Crippen molar-refractivity contribution in [2.24, 2.45) is 16.7 Å². The highest BCUT2D eigenvalue weighted by Gasteiger charge is 2.51. The molecule has 2 aromatic heterocycles. The van der Waals surface area contributed by atoms with Gasteiger partial charge in [0, 0.05) is 68.2 Å². The Morgan fingerprint density at radius 1 is 0.944 bits per heavy atom. The summed E-state index contributed by atoms with van der Waals surface area (Å²) in [7, 11) is -4.62. The molecule has 16 nitrogen and oxygen atoms in total. The van der Waals surface area contributed by atoms with Crippen molar-refractivity contribution in [2.75, 3.05) is 54.5 Å². The summed E-state index contributed by atoms with van der Waals surface area (Å²) in [4.78, 5) is 41.4. The van der Waals surface area contributed by atoms with E-state index in [0.29, 0.717) is 74.0 Å². The van der Waals surface area contributed by atoms with E-state index in [1.54, 1.807) is 6.07 Å². The molecule has 1 spiro atoms. The van der Waals surface area contributed by atoms with E-state index in [1.807, 2.05) is 37.4 Å². The summed E-state index contributed by atoms with van der Waals surface area (Å²) in [5.41, 5.74) is 5.28. The monoisotopic (exact) mass is 1000 g/mol. The van der Waals surface area contributed by atoms with Gasteiger partial charge in [0.25, 0.3) is 21.6 Å². The lowest BCUT2D eigenvalue weighted by Crippen LogP contribution is -2.58. The van der Waals surface area contributed by atoms with E-state index in [-0.39, 0.29) is 34.0 Å². The maximum atomic E-state index is 14.7. The smallest absolute Gasteiger partial charge is 0.293 e. The third-order valence-electron chi connectivity index (χ3n) is 17.2. The van der Waals surface area contributed by atoms with Crippen molar-refractivity contribution in [1.82, 2.24) is 19.6 Å². The number of pyridine rings is 1. The Kier molecular flexibility index (Phi) is 12.6. The first-order valence-electron chi connectivity index (χ1n) is 26.0. The maximum Gasteiger partial charge on any atom is 0.293 e. The Labute approximate surface area is 422 Å². The van der Waals surface area contributed by atoms with Crippen LogP contribution < -0.4 is 24.6 Å². The number of carbonyl (C=O) groups excluding carboxylic acids is 1. The number of carbonyl (C=O) groups is 1. The quantitative estimate of drug-likeness (QED) is 0.0722. The molecule has 4 aliphatic heterocycles. The topological polar surface area (TPSA) is 196 Å². The molecule has 11 rings (SSSR count). The number of rotatable bonds is 11. The van der Waals surface area contributed by atoms with Crippen molar-refractivity contribution in [3.05, 3.63) is 106 Å². The first-order chi connectivity index (χ1) is 34.4. The number of benzene rings is 3. The Balaban J connectivity index is 0.870. The number of aliphatic hydroxyl groups is 1. The second-order valence-corrected chi connectivity index (χ2v) is 24.6. The van der Waals surface area contributed by atoms with E-state index in [1.165, 1.54) is 48.9 Å². The summed E-state index contributed by atoms with van der Waals surface area (Å²) in [6, 6.07) is 22.8. The predicted molar refractivity (Wildman–Crippen MR) is 278 cm³/mol. The van der Waals surface area contributed by atoms with Crippen LogP contribution >= 0.6 is 0 Å². The number of nitrogens with one attached hydrogen (secondary N) is 3. The van der Waals surface area contributed by atoms with Crippen molar-refractivity contribution >= 4 is 55.4 Å². The number of hydrogen-bond donors (Lipinski definition) is 4. The Hall–Kier alpha value is -5.75. The molecule has 3 aromatic carbocycles. The molecule has 4 N–H and O–H groups in total. The average molecular weight is 1000 g/mol. The number of sulfonamides is 1. The zero-order valence-electron chi connectivity index (χ0n) is 41.9. The van der Waals surface area contributed by atoms with E-state index in [9.17, 15) is 28.4 Å². The van der Waals surface area contributed by atoms with Gasteiger partial charge in [-0.05, 0) is 155 Å². The lowest BCUT2D eigenvalue weighted by atomic mass is 9.59. The van der Waals surface area contributed by atoms with Crippen LogP contribution in [0.5, 0.6) is 5.88 Å². The number of hydrogen-bond acceptors (Lipinski definition) is 13. The van der Waals surface area contributed by atoms with Gasteiger partial charge in [-0.25, -0.2) is 13.1 Å². The minimum Gasteiger partial charge on any atom is -0.468 e. The second-order valence-electron chi connectivity index (χ2n) is 22.9. The minimum atomic E-state index is -4.62.